The Kier molecular flexibility index (Phi) is 6.41. The number of hydrogen-bond acceptors (Lipinski definition) is 5. The van der Waals surface area contributed by atoms with Crippen LogP contribution in [0.1, 0.15) is 53.2 Å². The number of nitrogens with one attached hydrogen (secondary N) is 2. The third-order valence-electron chi connectivity index (χ3n) is 6.67. The van der Waals surface area contributed by atoms with Crippen LogP contribution in [0.4, 0.5) is 10.1 Å². The van der Waals surface area contributed by atoms with E-state index in [1.807, 2.05) is 6.92 Å². The van der Waals surface area contributed by atoms with Crippen molar-refractivity contribution in [2.24, 2.45) is 0 Å². The summed E-state index contributed by atoms with van der Waals surface area (Å²) in [5.41, 5.74) is 0.296. The van der Waals surface area contributed by atoms with Crippen LogP contribution in [0, 0.1) is 5.82 Å². The van der Waals surface area contributed by atoms with Gasteiger partial charge in [-0.1, -0.05) is 12.1 Å². The number of benzene rings is 2. The first-order valence-corrected chi connectivity index (χ1v) is 12.3. The number of ether oxygens (including phenoxy) is 1. The fourth-order valence-electron chi connectivity index (χ4n) is 4.69. The Morgan fingerprint density at radius 2 is 1.84 bits per heavy atom. The average Bonchev–Trinajstić information content (AvgIpc) is 3.62. The molecule has 1 atom stereocenters. The minimum absolute atomic E-state index is 0.0123. The van der Waals surface area contributed by atoms with Gasteiger partial charge in [-0.05, 0) is 68.7 Å². The number of fused-ring (bicyclic) bond motifs is 1. The molecule has 1 aliphatic heterocycles. The van der Waals surface area contributed by atoms with Crippen LogP contribution >= 0.6 is 0 Å². The summed E-state index contributed by atoms with van der Waals surface area (Å²) in [5, 5.41) is 5.67. The molecule has 0 spiro atoms. The molecule has 1 fully saturated rings. The second-order valence-electron chi connectivity index (χ2n) is 9.47. The Bertz CT molecular complexity index is 1330. The predicted octanol–water partition coefficient (Wildman–Crippen LogP) is 3.37. The van der Waals surface area contributed by atoms with Crippen LogP contribution in [0.2, 0.25) is 0 Å². The van der Waals surface area contributed by atoms with Gasteiger partial charge in [0, 0.05) is 18.3 Å². The number of halogens is 1. The molecule has 10 heteroatoms. The third kappa shape index (κ3) is 4.78. The zero-order valence-corrected chi connectivity index (χ0v) is 20.7. The number of imidazole rings is 1. The van der Waals surface area contributed by atoms with Crippen LogP contribution in [0.3, 0.4) is 0 Å². The van der Waals surface area contributed by atoms with Crippen LogP contribution in [0.5, 0.6) is 5.75 Å². The van der Waals surface area contributed by atoms with Gasteiger partial charge in [-0.2, -0.15) is 0 Å². The summed E-state index contributed by atoms with van der Waals surface area (Å²) in [6.07, 6.45) is 3.00. The summed E-state index contributed by atoms with van der Waals surface area (Å²) in [5.74, 6) is -0.896. The van der Waals surface area contributed by atoms with Gasteiger partial charge in [0.1, 0.15) is 22.8 Å². The summed E-state index contributed by atoms with van der Waals surface area (Å²) >= 11 is 0. The summed E-state index contributed by atoms with van der Waals surface area (Å²) in [7, 11) is 0. The van der Waals surface area contributed by atoms with Crippen LogP contribution in [0.15, 0.2) is 54.9 Å². The maximum absolute atomic E-state index is 13.7. The molecule has 0 bridgehead atoms. The number of nitrogens with zero attached hydrogens (tertiary/aromatic N) is 3. The SMILES string of the molecule is CCOc1ccc(NC(=O)c2ncn3c2C(=O)N(C2CC2)[C@](C)(C(=O)NCc2ccc(F)cc2)C3)cc1. The molecule has 3 amide bonds. The van der Waals surface area contributed by atoms with Gasteiger partial charge in [0.25, 0.3) is 11.8 Å². The standard InChI is InChI=1S/C27H28FN5O4/c1-3-37-21-12-8-19(9-13-21)31-24(34)22-23-25(35)33(20-10-11-20)27(2,15-32(23)16-30-22)26(36)29-14-17-4-6-18(28)7-5-17/h4-9,12-13,16,20H,3,10-11,14-15H2,1-2H3,(H,29,36)(H,31,34)/t27-/m0/s1. The van der Waals surface area contributed by atoms with Crippen molar-refractivity contribution < 1.29 is 23.5 Å². The number of aromatic nitrogens is 2. The highest BCUT2D eigenvalue weighted by molar-refractivity contribution is 6.11. The van der Waals surface area contributed by atoms with Crippen molar-refractivity contribution in [2.45, 2.75) is 51.4 Å². The second kappa shape index (κ2) is 9.68. The molecule has 192 valence electrons. The lowest BCUT2D eigenvalue weighted by molar-refractivity contribution is -0.133. The van der Waals surface area contributed by atoms with E-state index in [4.69, 9.17) is 4.74 Å². The van der Waals surface area contributed by atoms with Crippen LogP contribution in [-0.4, -0.2) is 50.4 Å². The molecule has 0 saturated heterocycles. The smallest absolute Gasteiger partial charge is 0.276 e. The highest BCUT2D eigenvalue weighted by Gasteiger charge is 2.53. The van der Waals surface area contributed by atoms with Crippen molar-refractivity contribution in [3.8, 4) is 5.75 Å². The molecular formula is C27H28FN5O4. The molecule has 0 radical (unpaired) electrons. The van der Waals surface area contributed by atoms with E-state index in [0.29, 0.717) is 18.0 Å². The maximum atomic E-state index is 13.7. The molecule has 2 N–H and O–H groups in total. The Labute approximate surface area is 213 Å². The number of carbonyl (C=O) groups excluding carboxylic acids is 3. The maximum Gasteiger partial charge on any atom is 0.276 e. The van der Waals surface area contributed by atoms with Gasteiger partial charge in [0.15, 0.2) is 5.69 Å². The molecule has 37 heavy (non-hydrogen) atoms. The number of hydrogen-bond donors (Lipinski definition) is 2. The molecule has 9 nitrogen and oxygen atoms in total. The van der Waals surface area contributed by atoms with Crippen molar-refractivity contribution in [1.29, 1.82) is 0 Å². The fraction of sp³-hybridized carbons (Fsp3) is 0.333. The molecule has 1 aliphatic carbocycles. The molecule has 2 aromatic carbocycles. The molecule has 2 aliphatic rings. The van der Waals surface area contributed by atoms with Gasteiger partial charge in [-0.15, -0.1) is 0 Å². The van der Waals surface area contributed by atoms with Gasteiger partial charge in [0.05, 0.1) is 19.5 Å². The van der Waals surface area contributed by atoms with Crippen molar-refractivity contribution in [2.75, 3.05) is 11.9 Å². The Hall–Kier alpha value is -4.21. The molecule has 2 heterocycles. The monoisotopic (exact) mass is 505 g/mol. The van der Waals surface area contributed by atoms with Gasteiger partial charge in [0.2, 0.25) is 5.91 Å². The quantitative estimate of drug-likeness (QED) is 0.488. The summed E-state index contributed by atoms with van der Waals surface area (Å²) in [4.78, 5) is 46.1. The number of carbonyl (C=O) groups is 3. The predicted molar refractivity (Wildman–Crippen MR) is 134 cm³/mol. The van der Waals surface area contributed by atoms with Crippen molar-refractivity contribution in [3.05, 3.63) is 77.6 Å². The van der Waals surface area contributed by atoms with Gasteiger partial charge < -0.3 is 24.8 Å². The van der Waals surface area contributed by atoms with Crippen LogP contribution < -0.4 is 15.4 Å². The first kappa shape index (κ1) is 24.5. The van der Waals surface area contributed by atoms with E-state index in [-0.39, 0.29) is 42.2 Å². The topological polar surface area (TPSA) is 106 Å². The normalized spacial score (nSPS) is 18.8. The minimum atomic E-state index is -1.17. The van der Waals surface area contributed by atoms with Crippen molar-refractivity contribution in [3.63, 3.8) is 0 Å². The first-order chi connectivity index (χ1) is 17.8. The van der Waals surface area contributed by atoms with Crippen molar-refractivity contribution in [1.82, 2.24) is 19.8 Å². The minimum Gasteiger partial charge on any atom is -0.494 e. The molecular weight excluding hydrogens is 477 g/mol. The van der Waals surface area contributed by atoms with E-state index in [0.717, 1.165) is 18.4 Å². The lowest BCUT2D eigenvalue weighted by Crippen LogP contribution is -2.64. The molecule has 3 aromatic rings. The third-order valence-corrected chi connectivity index (χ3v) is 6.67. The molecule has 1 aromatic heterocycles. The Morgan fingerprint density at radius 3 is 2.49 bits per heavy atom. The van der Waals surface area contributed by atoms with Crippen LogP contribution in [-0.2, 0) is 17.9 Å². The lowest BCUT2D eigenvalue weighted by Gasteiger charge is -2.44. The zero-order valence-electron chi connectivity index (χ0n) is 20.7. The zero-order chi connectivity index (χ0) is 26.2. The van der Waals surface area contributed by atoms with E-state index in [2.05, 4.69) is 15.6 Å². The highest BCUT2D eigenvalue weighted by atomic mass is 19.1. The van der Waals surface area contributed by atoms with E-state index < -0.39 is 17.4 Å². The van der Waals surface area contributed by atoms with E-state index in [1.165, 1.54) is 18.5 Å². The second-order valence-corrected chi connectivity index (χ2v) is 9.47. The Balaban J connectivity index is 1.36. The summed E-state index contributed by atoms with van der Waals surface area (Å²) < 4.78 is 20.2. The summed E-state index contributed by atoms with van der Waals surface area (Å²) in [6, 6.07) is 12.7. The average molecular weight is 506 g/mol. The van der Waals surface area contributed by atoms with Crippen LogP contribution in [0.25, 0.3) is 0 Å². The molecule has 0 unspecified atom stereocenters. The van der Waals surface area contributed by atoms with E-state index >= 15 is 0 Å². The van der Waals surface area contributed by atoms with Gasteiger partial charge >= 0.3 is 0 Å². The van der Waals surface area contributed by atoms with E-state index in [9.17, 15) is 18.8 Å². The Morgan fingerprint density at radius 1 is 1.14 bits per heavy atom. The highest BCUT2D eigenvalue weighted by Crippen LogP contribution is 2.39. The first-order valence-electron chi connectivity index (χ1n) is 12.3. The molecule has 5 rings (SSSR count). The number of rotatable bonds is 8. The van der Waals surface area contributed by atoms with Gasteiger partial charge in [-0.25, -0.2) is 9.37 Å². The van der Waals surface area contributed by atoms with Crippen molar-refractivity contribution >= 4 is 23.4 Å². The number of anilines is 1. The van der Waals surface area contributed by atoms with E-state index in [1.54, 1.807) is 52.8 Å². The lowest BCUT2D eigenvalue weighted by atomic mass is 9.93. The molecule has 1 saturated carbocycles. The number of amides is 3. The van der Waals surface area contributed by atoms with Gasteiger partial charge in [-0.3, -0.25) is 14.4 Å². The largest absolute Gasteiger partial charge is 0.494 e. The summed E-state index contributed by atoms with van der Waals surface area (Å²) in [6.45, 7) is 4.51. The fourth-order valence-corrected chi connectivity index (χ4v) is 4.69.